The molecule has 1 spiro atoms. The third-order valence-electron chi connectivity index (χ3n) is 3.61. The lowest BCUT2D eigenvalue weighted by Gasteiger charge is -2.41. The topological polar surface area (TPSA) is 68.3 Å². The molecule has 2 rings (SSSR count). The number of hydrogen-bond donors (Lipinski definition) is 0. The van der Waals surface area contributed by atoms with Crippen molar-refractivity contribution in [2.45, 2.75) is 42.6 Å². The smallest absolute Gasteiger partial charge is 0.174 e. The van der Waals surface area contributed by atoms with Crippen molar-refractivity contribution in [3.05, 3.63) is 0 Å². The summed E-state index contributed by atoms with van der Waals surface area (Å²) in [6.45, 7) is 0. The van der Waals surface area contributed by atoms with E-state index in [0.717, 1.165) is 19.3 Å². The van der Waals surface area contributed by atoms with Crippen LogP contribution in [-0.2, 0) is 19.7 Å². The molecule has 2 aliphatic heterocycles. The summed E-state index contributed by atoms with van der Waals surface area (Å²) in [5.41, 5.74) is 0. The predicted octanol–water partition coefficient (Wildman–Crippen LogP) is 0.880. The molecule has 0 aliphatic carbocycles. The molecule has 0 aromatic rings. The number of sulfone groups is 2. The van der Waals surface area contributed by atoms with Gasteiger partial charge in [-0.3, -0.25) is 0 Å². The van der Waals surface area contributed by atoms with Crippen LogP contribution in [0.25, 0.3) is 0 Å². The Bertz CT molecular complexity index is 449. The summed E-state index contributed by atoms with van der Waals surface area (Å²) in [6, 6.07) is 0. The quantitative estimate of drug-likeness (QED) is 0.642. The van der Waals surface area contributed by atoms with Crippen LogP contribution in [0.3, 0.4) is 0 Å². The Morgan fingerprint density at radius 2 is 1.27 bits per heavy atom. The van der Waals surface area contributed by atoms with Crippen molar-refractivity contribution >= 4 is 19.7 Å². The largest absolute Gasteiger partial charge is 0.227 e. The highest BCUT2D eigenvalue weighted by atomic mass is 32.3. The molecule has 2 heterocycles. The molecule has 6 heteroatoms. The average Bonchev–Trinajstić information content (AvgIpc) is 2.11. The van der Waals surface area contributed by atoms with Crippen LogP contribution in [0.1, 0.15) is 38.5 Å². The molecule has 1 atom stereocenters. The second-order valence-electron chi connectivity index (χ2n) is 4.46. The maximum Gasteiger partial charge on any atom is 0.174 e. The monoisotopic (exact) mass is 252 g/mol. The summed E-state index contributed by atoms with van der Waals surface area (Å²) in [4.78, 5) is 0. The second-order valence-corrected chi connectivity index (χ2v) is 9.56. The van der Waals surface area contributed by atoms with Crippen molar-refractivity contribution in [2.24, 2.45) is 0 Å². The van der Waals surface area contributed by atoms with Gasteiger partial charge in [-0.2, -0.15) is 0 Å². The van der Waals surface area contributed by atoms with Crippen LogP contribution in [0, 0.1) is 0 Å². The minimum absolute atomic E-state index is 0.0478. The van der Waals surface area contributed by atoms with Gasteiger partial charge in [0.2, 0.25) is 0 Å². The van der Waals surface area contributed by atoms with Gasteiger partial charge in [-0.1, -0.05) is 19.3 Å². The fourth-order valence-electron chi connectivity index (χ4n) is 2.51. The zero-order valence-corrected chi connectivity index (χ0v) is 10.2. The molecule has 0 aromatic heterocycles. The van der Waals surface area contributed by atoms with Crippen molar-refractivity contribution in [1.82, 2.24) is 0 Å². The Kier molecular flexibility index (Phi) is 2.62. The molecule has 0 amide bonds. The highest BCUT2D eigenvalue weighted by Crippen LogP contribution is 2.45. The van der Waals surface area contributed by atoms with Crippen molar-refractivity contribution in [1.29, 1.82) is 0 Å². The van der Waals surface area contributed by atoms with E-state index in [9.17, 15) is 16.8 Å². The molecule has 2 aliphatic rings. The second kappa shape index (κ2) is 3.45. The van der Waals surface area contributed by atoms with E-state index in [2.05, 4.69) is 0 Å². The number of hydrogen-bond acceptors (Lipinski definition) is 4. The van der Waals surface area contributed by atoms with Gasteiger partial charge in [0.25, 0.3) is 0 Å². The Labute approximate surface area is 90.9 Å². The van der Waals surface area contributed by atoms with Gasteiger partial charge >= 0.3 is 0 Å². The van der Waals surface area contributed by atoms with Crippen LogP contribution in [-0.4, -0.2) is 32.4 Å². The highest BCUT2D eigenvalue weighted by molar-refractivity contribution is 8.11. The Morgan fingerprint density at radius 1 is 0.667 bits per heavy atom. The predicted molar refractivity (Wildman–Crippen MR) is 58.0 cm³/mol. The van der Waals surface area contributed by atoms with Gasteiger partial charge in [0.1, 0.15) is 0 Å². The molecule has 88 valence electrons. The fraction of sp³-hybridized carbons (Fsp3) is 1.00. The van der Waals surface area contributed by atoms with E-state index in [-0.39, 0.29) is 11.5 Å². The maximum absolute atomic E-state index is 12.0. The zero-order chi connectivity index (χ0) is 11.2. The summed E-state index contributed by atoms with van der Waals surface area (Å²) in [5.74, 6) is 0.0957. The van der Waals surface area contributed by atoms with Gasteiger partial charge in [0.05, 0.1) is 11.5 Å². The van der Waals surface area contributed by atoms with E-state index in [0.29, 0.717) is 19.3 Å². The van der Waals surface area contributed by atoms with Crippen molar-refractivity contribution in [3.8, 4) is 0 Å². The SMILES string of the molecule is O=S1(=O)CCCCCCC12CCS2(=O)=O. The Morgan fingerprint density at radius 3 is 1.80 bits per heavy atom. The van der Waals surface area contributed by atoms with Crippen LogP contribution >= 0.6 is 0 Å². The van der Waals surface area contributed by atoms with E-state index < -0.39 is 23.8 Å². The summed E-state index contributed by atoms with van der Waals surface area (Å²) in [6.07, 6.45) is 3.82. The van der Waals surface area contributed by atoms with Crippen LogP contribution in [0.15, 0.2) is 0 Å². The minimum Gasteiger partial charge on any atom is -0.227 e. The number of rotatable bonds is 0. The van der Waals surface area contributed by atoms with Gasteiger partial charge in [-0.05, 0) is 19.3 Å². The van der Waals surface area contributed by atoms with Crippen LogP contribution in [0.4, 0.5) is 0 Å². The molecule has 2 saturated heterocycles. The van der Waals surface area contributed by atoms with Gasteiger partial charge in [-0.15, -0.1) is 0 Å². The molecule has 0 bridgehead atoms. The average molecular weight is 252 g/mol. The molecule has 0 aromatic carbocycles. The molecular formula is C9H16O4S2. The van der Waals surface area contributed by atoms with Crippen LogP contribution < -0.4 is 0 Å². The lowest BCUT2D eigenvalue weighted by Crippen LogP contribution is -2.57. The van der Waals surface area contributed by atoms with Crippen molar-refractivity contribution < 1.29 is 16.8 Å². The summed E-state index contributed by atoms with van der Waals surface area (Å²) >= 11 is 0. The highest BCUT2D eigenvalue weighted by Gasteiger charge is 2.60. The van der Waals surface area contributed by atoms with Crippen molar-refractivity contribution in [2.75, 3.05) is 11.5 Å². The van der Waals surface area contributed by atoms with Gasteiger partial charge in [-0.25, -0.2) is 16.8 Å². The fourth-order valence-corrected chi connectivity index (χ4v) is 7.98. The molecule has 4 nitrogen and oxygen atoms in total. The normalized spacial score (nSPS) is 38.9. The summed E-state index contributed by atoms with van der Waals surface area (Å²) in [7, 11) is -6.82. The molecular weight excluding hydrogens is 236 g/mol. The lowest BCUT2D eigenvalue weighted by molar-refractivity contribution is 0.458. The molecule has 0 saturated carbocycles. The van der Waals surface area contributed by atoms with E-state index >= 15 is 0 Å². The molecule has 15 heavy (non-hydrogen) atoms. The lowest BCUT2D eigenvalue weighted by atomic mass is 10.1. The van der Waals surface area contributed by atoms with Gasteiger partial charge in [0.15, 0.2) is 23.8 Å². The molecule has 0 radical (unpaired) electrons. The molecule has 2 fully saturated rings. The Balaban J connectivity index is 2.43. The van der Waals surface area contributed by atoms with Crippen LogP contribution in [0.2, 0.25) is 0 Å². The van der Waals surface area contributed by atoms with E-state index in [1.807, 2.05) is 0 Å². The Hall–Kier alpha value is -0.100. The maximum atomic E-state index is 12.0. The summed E-state index contributed by atoms with van der Waals surface area (Å²) < 4.78 is 46.0. The first-order chi connectivity index (χ1) is 6.91. The first-order valence-corrected chi connectivity index (χ1v) is 8.66. The third kappa shape index (κ3) is 1.53. The minimum atomic E-state index is -3.44. The van der Waals surface area contributed by atoms with E-state index in [1.54, 1.807) is 0 Å². The van der Waals surface area contributed by atoms with Gasteiger partial charge in [0, 0.05) is 0 Å². The molecule has 0 N–H and O–H groups in total. The zero-order valence-electron chi connectivity index (χ0n) is 8.61. The van der Waals surface area contributed by atoms with Crippen LogP contribution in [0.5, 0.6) is 0 Å². The first-order valence-electron chi connectivity index (χ1n) is 5.36. The molecule has 1 unspecified atom stereocenters. The van der Waals surface area contributed by atoms with Gasteiger partial charge < -0.3 is 0 Å². The van der Waals surface area contributed by atoms with E-state index in [1.165, 1.54) is 0 Å². The first kappa shape index (κ1) is 11.4. The third-order valence-corrected chi connectivity index (χ3v) is 9.78. The van der Waals surface area contributed by atoms with E-state index in [4.69, 9.17) is 0 Å². The van der Waals surface area contributed by atoms with Crippen molar-refractivity contribution in [3.63, 3.8) is 0 Å². The standard InChI is InChI=1S/C9H16O4S2/c10-14(11)7-4-2-1-3-5-9(14)6-8-15(9,12)13/h1-8H2. The summed E-state index contributed by atoms with van der Waals surface area (Å²) in [5, 5.41) is 0.